The molecule has 0 atom stereocenters. The third-order valence-electron chi connectivity index (χ3n) is 0.957. The van der Waals surface area contributed by atoms with Crippen molar-refractivity contribution in [3.8, 4) is 0 Å². The quantitative estimate of drug-likeness (QED) is 0.345. The van der Waals surface area contributed by atoms with Gasteiger partial charge < -0.3 is 42.0 Å². The minimum atomic E-state index is 0. The van der Waals surface area contributed by atoms with Crippen molar-refractivity contribution in [3.63, 3.8) is 0 Å². The number of thiocarbonyl (C=S) groups is 1. The molecule has 1 saturated heterocycles. The predicted octanol–water partition coefficient (Wildman–Crippen LogP) is 0.520. The molecule has 0 amide bonds. The van der Waals surface area contributed by atoms with Crippen LogP contribution in [0.3, 0.4) is 0 Å². The Kier molecular flexibility index (Phi) is 21.4. The summed E-state index contributed by atoms with van der Waals surface area (Å²) in [5.41, 5.74) is 4.66. The smallest absolute Gasteiger partial charge is 0 e. The standard InChI is InChI=1S/C4H9N.CH3NS2.H3N.Pd/c1-2-4-5-3-1;2-1(3)4;;/h5H,1-4H2;(H3,2,3,4);1H3;. The molecule has 0 aliphatic carbocycles. The van der Waals surface area contributed by atoms with Gasteiger partial charge in [0.15, 0.2) is 0 Å². The Balaban J connectivity index is -0.000000101. The van der Waals surface area contributed by atoms with Crippen LogP contribution in [0.15, 0.2) is 0 Å². The van der Waals surface area contributed by atoms with E-state index >= 15 is 0 Å². The van der Waals surface area contributed by atoms with Gasteiger partial charge in [-0.3, -0.25) is 0 Å². The molecule has 11 heavy (non-hydrogen) atoms. The Morgan fingerprint density at radius 3 is 1.73 bits per heavy atom. The van der Waals surface area contributed by atoms with Gasteiger partial charge in [-0.2, -0.15) is 0 Å². The molecule has 1 heterocycles. The predicted molar refractivity (Wildman–Crippen MR) is 52.2 cm³/mol. The molecular formula is C5H15N3PdS2. The monoisotopic (exact) mass is 287 g/mol. The second-order valence-electron chi connectivity index (χ2n) is 1.78. The maximum atomic E-state index is 4.66. The van der Waals surface area contributed by atoms with Gasteiger partial charge in [0.2, 0.25) is 0 Å². The fourth-order valence-corrected chi connectivity index (χ4v) is 0.625. The van der Waals surface area contributed by atoms with Crippen molar-refractivity contribution in [1.82, 2.24) is 11.5 Å². The summed E-state index contributed by atoms with van der Waals surface area (Å²) >= 11 is 8.26. The Morgan fingerprint density at radius 1 is 1.36 bits per heavy atom. The van der Waals surface area contributed by atoms with Gasteiger partial charge >= 0.3 is 0 Å². The fourth-order valence-electron chi connectivity index (χ4n) is 0.625. The zero-order chi connectivity index (χ0) is 7.11. The number of rotatable bonds is 0. The van der Waals surface area contributed by atoms with Gasteiger partial charge in [-0.15, -0.1) is 0 Å². The van der Waals surface area contributed by atoms with E-state index in [0.717, 1.165) is 0 Å². The fraction of sp³-hybridized carbons (Fsp3) is 0.800. The van der Waals surface area contributed by atoms with E-state index in [4.69, 9.17) is 0 Å². The van der Waals surface area contributed by atoms with Crippen LogP contribution in [0.5, 0.6) is 0 Å². The van der Waals surface area contributed by atoms with Gasteiger partial charge in [0.1, 0.15) is 0 Å². The van der Waals surface area contributed by atoms with Crippen molar-refractivity contribution in [2.75, 3.05) is 13.1 Å². The number of quaternary nitrogens is 1. The van der Waals surface area contributed by atoms with Crippen molar-refractivity contribution < 1.29 is 20.4 Å². The van der Waals surface area contributed by atoms with Crippen LogP contribution in [0.25, 0.3) is 0 Å². The number of hydrogen-bond donors (Lipinski definition) is 3. The molecule has 0 unspecified atom stereocenters. The van der Waals surface area contributed by atoms with Crippen molar-refractivity contribution in [1.29, 1.82) is 0 Å². The maximum absolute atomic E-state index is 4.66. The van der Waals surface area contributed by atoms with E-state index in [9.17, 15) is 0 Å². The minimum absolute atomic E-state index is 0. The third-order valence-corrected chi connectivity index (χ3v) is 0.957. The first-order chi connectivity index (χ1) is 4.23. The SMILES string of the molecule is C1CCNC1.NC(=S)[S-].[NH4+].[Pd]. The molecule has 0 spiro atoms. The van der Waals surface area contributed by atoms with Crippen molar-refractivity contribution >= 4 is 29.2 Å². The van der Waals surface area contributed by atoms with Crippen molar-refractivity contribution in [3.05, 3.63) is 0 Å². The van der Waals surface area contributed by atoms with Gasteiger partial charge in [0.05, 0.1) is 0 Å². The molecule has 0 aromatic heterocycles. The molecule has 0 saturated carbocycles. The van der Waals surface area contributed by atoms with Crippen LogP contribution in [0.1, 0.15) is 12.8 Å². The molecule has 0 aromatic rings. The molecule has 1 fully saturated rings. The van der Waals surface area contributed by atoms with Crippen LogP contribution >= 0.6 is 12.2 Å². The molecule has 72 valence electrons. The minimum Gasteiger partial charge on any atom is -0.415 e. The topological polar surface area (TPSA) is 74.5 Å². The summed E-state index contributed by atoms with van der Waals surface area (Å²) in [7, 11) is 0. The largest absolute Gasteiger partial charge is 0.415 e. The van der Waals surface area contributed by atoms with E-state index in [2.05, 4.69) is 35.9 Å². The molecule has 0 bridgehead atoms. The van der Waals surface area contributed by atoms with Gasteiger partial charge in [-0.05, 0) is 25.9 Å². The zero-order valence-corrected chi connectivity index (χ0v) is 9.73. The second-order valence-corrected chi connectivity index (χ2v) is 2.91. The van der Waals surface area contributed by atoms with E-state index in [0.29, 0.717) is 0 Å². The van der Waals surface area contributed by atoms with E-state index in [1.165, 1.54) is 25.9 Å². The Hall–Kier alpha value is 0.692. The van der Waals surface area contributed by atoms with Crippen LogP contribution in [0.4, 0.5) is 0 Å². The molecule has 0 radical (unpaired) electrons. The molecular weight excluding hydrogens is 273 g/mol. The van der Waals surface area contributed by atoms with Crippen LogP contribution in [-0.2, 0) is 33.1 Å². The summed E-state index contributed by atoms with van der Waals surface area (Å²) in [6.07, 6.45) is 2.78. The van der Waals surface area contributed by atoms with Gasteiger partial charge in [0, 0.05) is 20.4 Å². The third kappa shape index (κ3) is 24.9. The van der Waals surface area contributed by atoms with Gasteiger partial charge in [-0.1, -0.05) is 4.32 Å². The first-order valence-electron chi connectivity index (χ1n) is 2.90. The number of nitrogens with one attached hydrogen (secondary N) is 1. The average Bonchev–Trinajstić information content (AvgIpc) is 2.11. The summed E-state index contributed by atoms with van der Waals surface area (Å²) in [5.74, 6) is 0. The normalized spacial score (nSPS) is 13.1. The first-order valence-corrected chi connectivity index (χ1v) is 3.72. The zero-order valence-electron chi connectivity index (χ0n) is 6.54. The van der Waals surface area contributed by atoms with Crippen molar-refractivity contribution in [2.45, 2.75) is 12.8 Å². The summed E-state index contributed by atoms with van der Waals surface area (Å²) in [6.45, 7) is 2.50. The Labute approximate surface area is 92.5 Å². The summed E-state index contributed by atoms with van der Waals surface area (Å²) in [6, 6.07) is 0. The number of hydrogen-bond acceptors (Lipinski definition) is 3. The molecule has 0 aromatic carbocycles. The van der Waals surface area contributed by atoms with Crippen LogP contribution < -0.4 is 17.2 Å². The molecule has 1 rings (SSSR count). The summed E-state index contributed by atoms with van der Waals surface area (Å²) in [4.78, 5) is 0. The molecule has 6 heteroatoms. The Morgan fingerprint density at radius 2 is 1.64 bits per heavy atom. The molecule has 3 nitrogen and oxygen atoms in total. The van der Waals surface area contributed by atoms with Gasteiger partial charge in [-0.25, -0.2) is 0 Å². The maximum Gasteiger partial charge on any atom is 0 e. The van der Waals surface area contributed by atoms with Crippen molar-refractivity contribution in [2.24, 2.45) is 5.73 Å². The van der Waals surface area contributed by atoms with Crippen LogP contribution in [0.2, 0.25) is 0 Å². The second kappa shape index (κ2) is 13.3. The van der Waals surface area contributed by atoms with E-state index in [1.54, 1.807) is 0 Å². The van der Waals surface area contributed by atoms with E-state index in [1.807, 2.05) is 0 Å². The van der Waals surface area contributed by atoms with E-state index < -0.39 is 0 Å². The van der Waals surface area contributed by atoms with Crippen LogP contribution in [0, 0.1) is 0 Å². The summed E-state index contributed by atoms with van der Waals surface area (Å²) < 4.78 is 0.0833. The van der Waals surface area contributed by atoms with E-state index in [-0.39, 0.29) is 30.9 Å². The number of nitrogens with two attached hydrogens (primary N) is 1. The van der Waals surface area contributed by atoms with Crippen LogP contribution in [-0.4, -0.2) is 17.4 Å². The summed E-state index contributed by atoms with van der Waals surface area (Å²) in [5, 5.41) is 3.22. The molecule has 1 aliphatic rings. The average molecular weight is 288 g/mol. The molecule has 7 N–H and O–H groups in total. The first kappa shape index (κ1) is 17.7. The Bertz CT molecular complexity index is 76.2. The molecule has 1 aliphatic heterocycles. The van der Waals surface area contributed by atoms with Gasteiger partial charge in [0.25, 0.3) is 0 Å².